The highest BCUT2D eigenvalue weighted by Gasteiger charge is 2.16. The molecule has 0 amide bonds. The van der Waals surface area contributed by atoms with E-state index >= 15 is 0 Å². The highest BCUT2D eigenvalue weighted by Crippen LogP contribution is 2.39. The van der Waals surface area contributed by atoms with E-state index in [1.807, 2.05) is 84.9 Å². The van der Waals surface area contributed by atoms with Gasteiger partial charge in [0, 0.05) is 21.9 Å². The van der Waals surface area contributed by atoms with Crippen LogP contribution in [-0.2, 0) is 6.54 Å². The molecule has 0 atom stereocenters. The van der Waals surface area contributed by atoms with Crippen molar-refractivity contribution in [2.75, 3.05) is 0 Å². The number of benzene rings is 7. The summed E-state index contributed by atoms with van der Waals surface area (Å²) in [5.41, 5.74) is 18.0. The van der Waals surface area contributed by atoms with Crippen molar-refractivity contribution in [1.82, 2.24) is 0 Å². The molecule has 49 heavy (non-hydrogen) atoms. The molecule has 8 aromatic rings. The largest absolute Gasteiger partial charge is 0.456 e. The fourth-order valence-corrected chi connectivity index (χ4v) is 6.36. The Morgan fingerprint density at radius 2 is 0.939 bits per heavy atom. The summed E-state index contributed by atoms with van der Waals surface area (Å²) in [6.45, 7) is 0.411. The van der Waals surface area contributed by atoms with Gasteiger partial charge in [-0.2, -0.15) is 0 Å². The molecule has 1 heterocycles. The number of nitrogens with two attached hydrogens (primary N) is 1. The van der Waals surface area contributed by atoms with Crippen LogP contribution in [0.4, 0.5) is 0 Å². The fraction of sp³-hybridized carbons (Fsp3) is 0.0222. The Morgan fingerprint density at radius 1 is 0.449 bits per heavy atom. The molecule has 0 aliphatic heterocycles. The molecule has 1 aromatic heterocycles. The number of hydrogen-bond acceptors (Lipinski definition) is 2. The van der Waals surface area contributed by atoms with E-state index in [2.05, 4.69) is 91.0 Å². The summed E-state index contributed by atoms with van der Waals surface area (Å²) < 4.78 is 6.41. The summed E-state index contributed by atoms with van der Waals surface area (Å²) in [5.74, 6) is 1.01. The normalized spacial score (nSPS) is 12.1. The molecule has 0 aliphatic carbocycles. The Morgan fingerprint density at radius 3 is 1.55 bits per heavy atom. The predicted molar refractivity (Wildman–Crippen MR) is 204 cm³/mol. The number of rotatable bonds is 7. The minimum atomic E-state index is 0.411. The highest BCUT2D eigenvalue weighted by atomic mass is 16.3. The molecule has 0 radical (unpaired) electrons. The lowest BCUT2D eigenvalue weighted by atomic mass is 9.95. The molecule has 7 aromatic carbocycles. The molecule has 0 aliphatic rings. The molecular formula is C45H33N3O. The van der Waals surface area contributed by atoms with Gasteiger partial charge in [-0.05, 0) is 51.1 Å². The minimum absolute atomic E-state index is 0.411. The van der Waals surface area contributed by atoms with Gasteiger partial charge in [0.1, 0.15) is 17.0 Å². The van der Waals surface area contributed by atoms with Crippen LogP contribution in [0.15, 0.2) is 190 Å². The Hall–Kier alpha value is -6.52. The lowest BCUT2D eigenvalue weighted by Crippen LogP contribution is -2.16. The highest BCUT2D eigenvalue weighted by molar-refractivity contribution is 6.14. The molecule has 234 valence electrons. The molecule has 0 unspecified atom stereocenters. The molecule has 0 saturated carbocycles. The lowest BCUT2D eigenvalue weighted by Gasteiger charge is -2.09. The Kier molecular flexibility index (Phi) is 8.11. The van der Waals surface area contributed by atoms with Gasteiger partial charge in [-0.1, -0.05) is 164 Å². The van der Waals surface area contributed by atoms with Crippen LogP contribution in [0.3, 0.4) is 0 Å². The first kappa shape index (κ1) is 29.9. The number of amidine groups is 2. The maximum absolute atomic E-state index is 6.47. The van der Waals surface area contributed by atoms with Crippen LogP contribution in [-0.4, -0.2) is 11.7 Å². The maximum Gasteiger partial charge on any atom is 0.157 e. The second kappa shape index (κ2) is 13.3. The third kappa shape index (κ3) is 6.16. The third-order valence-electron chi connectivity index (χ3n) is 8.86. The van der Waals surface area contributed by atoms with Gasteiger partial charge in [0.2, 0.25) is 0 Å². The molecule has 0 bridgehead atoms. The minimum Gasteiger partial charge on any atom is -0.456 e. The summed E-state index contributed by atoms with van der Waals surface area (Å²) in [7, 11) is 0. The summed E-state index contributed by atoms with van der Waals surface area (Å²) in [6.07, 6.45) is 0. The summed E-state index contributed by atoms with van der Waals surface area (Å²) in [5, 5.41) is 2.14. The zero-order valence-electron chi connectivity index (χ0n) is 26.8. The Bertz CT molecular complexity index is 2430. The first-order valence-corrected chi connectivity index (χ1v) is 16.4. The van der Waals surface area contributed by atoms with Gasteiger partial charge >= 0.3 is 0 Å². The molecule has 0 spiro atoms. The molecule has 4 nitrogen and oxygen atoms in total. The summed E-state index contributed by atoms with van der Waals surface area (Å²) >= 11 is 0. The van der Waals surface area contributed by atoms with E-state index in [-0.39, 0.29) is 0 Å². The van der Waals surface area contributed by atoms with E-state index in [0.717, 1.165) is 49.8 Å². The molecule has 2 N–H and O–H groups in total. The maximum atomic E-state index is 6.47. The van der Waals surface area contributed by atoms with Crippen molar-refractivity contribution in [1.29, 1.82) is 0 Å². The average Bonchev–Trinajstić information content (AvgIpc) is 3.57. The Labute approximate surface area is 285 Å². The van der Waals surface area contributed by atoms with Gasteiger partial charge < -0.3 is 10.2 Å². The van der Waals surface area contributed by atoms with Crippen LogP contribution >= 0.6 is 0 Å². The molecule has 8 rings (SSSR count). The van der Waals surface area contributed by atoms with Gasteiger partial charge in [-0.25, -0.2) is 4.99 Å². The number of nitrogens with zero attached hydrogens (tertiary/aromatic N) is 2. The quantitative estimate of drug-likeness (QED) is 0.140. The van der Waals surface area contributed by atoms with Crippen LogP contribution in [0.2, 0.25) is 0 Å². The van der Waals surface area contributed by atoms with Crippen molar-refractivity contribution >= 4 is 33.6 Å². The summed E-state index contributed by atoms with van der Waals surface area (Å²) in [4.78, 5) is 9.85. The van der Waals surface area contributed by atoms with Crippen LogP contribution in [0, 0.1) is 0 Å². The van der Waals surface area contributed by atoms with Crippen molar-refractivity contribution in [3.8, 4) is 33.4 Å². The number of furan rings is 1. The Balaban J connectivity index is 1.16. The van der Waals surface area contributed by atoms with Gasteiger partial charge in [-0.15, -0.1) is 0 Å². The van der Waals surface area contributed by atoms with Crippen molar-refractivity contribution < 1.29 is 4.42 Å². The monoisotopic (exact) mass is 631 g/mol. The first-order valence-electron chi connectivity index (χ1n) is 16.4. The van der Waals surface area contributed by atoms with Crippen LogP contribution in [0.5, 0.6) is 0 Å². The van der Waals surface area contributed by atoms with Gasteiger partial charge in [0.25, 0.3) is 0 Å². The second-order valence-electron chi connectivity index (χ2n) is 12.0. The van der Waals surface area contributed by atoms with Crippen molar-refractivity contribution in [3.63, 3.8) is 0 Å². The topological polar surface area (TPSA) is 63.9 Å². The van der Waals surface area contributed by atoms with Crippen molar-refractivity contribution in [2.24, 2.45) is 15.7 Å². The number of fused-ring (bicyclic) bond motifs is 3. The standard InChI is InChI=1S/C45H33N3O/c46-44(36-14-6-2-7-15-36)48-45(37-16-8-3-9-17-37)47-30-38-18-10-20-40-42(38)43-39(19-11-21-41(43)49-40)35-28-26-34(27-29-35)33-24-22-32(23-25-33)31-12-4-1-5-13-31/h1-29H,30H2,(H2,46,47,48). The van der Waals surface area contributed by atoms with Gasteiger partial charge in [0.15, 0.2) is 5.84 Å². The van der Waals surface area contributed by atoms with Crippen LogP contribution < -0.4 is 5.73 Å². The first-order chi connectivity index (χ1) is 24.2. The molecule has 0 saturated heterocycles. The van der Waals surface area contributed by atoms with Crippen LogP contribution in [0.1, 0.15) is 16.7 Å². The second-order valence-corrected chi connectivity index (χ2v) is 12.0. The van der Waals surface area contributed by atoms with Gasteiger partial charge in [-0.3, -0.25) is 4.99 Å². The zero-order valence-corrected chi connectivity index (χ0v) is 26.8. The molecule has 0 fully saturated rings. The van der Waals surface area contributed by atoms with Gasteiger partial charge in [0.05, 0.1) is 6.54 Å². The molecular weight excluding hydrogens is 599 g/mol. The predicted octanol–water partition coefficient (Wildman–Crippen LogP) is 10.9. The number of hydrogen-bond donors (Lipinski definition) is 1. The molecule has 4 heteroatoms. The van der Waals surface area contributed by atoms with E-state index in [9.17, 15) is 0 Å². The van der Waals surface area contributed by atoms with Crippen molar-refractivity contribution in [3.05, 3.63) is 193 Å². The average molecular weight is 632 g/mol. The smallest absolute Gasteiger partial charge is 0.157 e. The third-order valence-corrected chi connectivity index (χ3v) is 8.86. The van der Waals surface area contributed by atoms with E-state index < -0.39 is 0 Å². The SMILES string of the molecule is N/C(=N\C(=N/Cc1cccc2oc3cccc(-c4ccc(-c5ccc(-c6ccccc6)cc5)cc4)c3c12)c1ccccc1)c1ccccc1. The van der Waals surface area contributed by atoms with E-state index in [1.54, 1.807) is 0 Å². The van der Waals surface area contributed by atoms with E-state index in [0.29, 0.717) is 18.2 Å². The lowest BCUT2D eigenvalue weighted by molar-refractivity contribution is 0.668. The van der Waals surface area contributed by atoms with Crippen molar-refractivity contribution in [2.45, 2.75) is 6.54 Å². The summed E-state index contributed by atoms with van der Waals surface area (Å²) in [6, 6.07) is 60.2. The zero-order chi connectivity index (χ0) is 33.0. The number of aliphatic imine (C=N–C) groups is 2. The van der Waals surface area contributed by atoms with E-state index in [4.69, 9.17) is 20.1 Å². The van der Waals surface area contributed by atoms with Crippen LogP contribution in [0.25, 0.3) is 55.3 Å². The fourth-order valence-electron chi connectivity index (χ4n) is 6.36. The van der Waals surface area contributed by atoms with E-state index in [1.165, 1.54) is 22.3 Å².